The van der Waals surface area contributed by atoms with Gasteiger partial charge in [0, 0.05) is 66.5 Å². The van der Waals surface area contributed by atoms with Crippen LogP contribution < -0.4 is 5.32 Å². The molecule has 174 valence electrons. The number of carbonyl (C=O) groups excluding carboxylic acids is 1. The summed E-state index contributed by atoms with van der Waals surface area (Å²) in [7, 11) is 3.56. The lowest BCUT2D eigenvalue weighted by Gasteiger charge is -2.34. The van der Waals surface area contributed by atoms with Crippen LogP contribution >= 0.6 is 24.0 Å². The van der Waals surface area contributed by atoms with Crippen LogP contribution in [0.5, 0.6) is 0 Å². The summed E-state index contributed by atoms with van der Waals surface area (Å²) in [6, 6.07) is 8.36. The number of ether oxygens (including phenoxy) is 2. The summed E-state index contributed by atoms with van der Waals surface area (Å²) in [6.07, 6.45) is 4.96. The Labute approximate surface area is 203 Å². The van der Waals surface area contributed by atoms with E-state index in [1.54, 1.807) is 7.11 Å². The number of likely N-dealkylation sites (tertiary alicyclic amines) is 2. The Kier molecular flexibility index (Phi) is 11.6. The molecular weight excluding hydrogens is 507 g/mol. The number of guanidine groups is 1. The Balaban J connectivity index is 0.00000341. The van der Waals surface area contributed by atoms with Gasteiger partial charge in [-0.05, 0) is 36.8 Å². The molecular formula is C23H37IN4O3. The molecule has 0 unspecified atom stereocenters. The van der Waals surface area contributed by atoms with Crippen LogP contribution in [0.4, 0.5) is 0 Å². The van der Waals surface area contributed by atoms with Crippen LogP contribution in [0.15, 0.2) is 29.3 Å². The van der Waals surface area contributed by atoms with Gasteiger partial charge < -0.3 is 24.6 Å². The molecule has 1 aromatic carbocycles. The molecule has 2 aliphatic rings. The SMILES string of the molecule is CN=C(NCc1ccccc1CN1CCCC1=O)N1CCC(OCCCOC)CC1.I. The molecule has 0 atom stereocenters. The number of halogens is 1. The van der Waals surface area contributed by atoms with Crippen LogP contribution in [0, 0.1) is 0 Å². The summed E-state index contributed by atoms with van der Waals surface area (Å²) in [6.45, 7) is 5.67. The first-order chi connectivity index (χ1) is 14.7. The third-order valence-corrected chi connectivity index (χ3v) is 5.89. The highest BCUT2D eigenvalue weighted by atomic mass is 127. The first kappa shape index (κ1) is 25.9. The topological polar surface area (TPSA) is 66.4 Å². The van der Waals surface area contributed by atoms with E-state index in [1.165, 1.54) is 11.1 Å². The van der Waals surface area contributed by atoms with Gasteiger partial charge in [-0.15, -0.1) is 24.0 Å². The fourth-order valence-electron chi connectivity index (χ4n) is 4.16. The van der Waals surface area contributed by atoms with Crippen molar-refractivity contribution in [3.63, 3.8) is 0 Å². The molecule has 8 heteroatoms. The molecule has 3 rings (SSSR count). The quantitative estimate of drug-likeness (QED) is 0.224. The molecule has 1 aromatic rings. The largest absolute Gasteiger partial charge is 0.385 e. The number of amides is 1. The van der Waals surface area contributed by atoms with Gasteiger partial charge in [0.1, 0.15) is 0 Å². The van der Waals surface area contributed by atoms with E-state index >= 15 is 0 Å². The molecule has 31 heavy (non-hydrogen) atoms. The Morgan fingerprint density at radius 2 is 1.90 bits per heavy atom. The lowest BCUT2D eigenvalue weighted by Crippen LogP contribution is -2.46. The van der Waals surface area contributed by atoms with E-state index in [-0.39, 0.29) is 29.9 Å². The van der Waals surface area contributed by atoms with Crippen molar-refractivity contribution in [2.75, 3.05) is 47.0 Å². The number of nitrogens with zero attached hydrogens (tertiary/aromatic N) is 3. The van der Waals surface area contributed by atoms with Gasteiger partial charge in [-0.25, -0.2) is 0 Å². The molecule has 2 aliphatic heterocycles. The monoisotopic (exact) mass is 544 g/mol. The Morgan fingerprint density at radius 1 is 1.16 bits per heavy atom. The summed E-state index contributed by atoms with van der Waals surface area (Å²) < 4.78 is 11.0. The van der Waals surface area contributed by atoms with Gasteiger partial charge in [0.05, 0.1) is 6.10 Å². The van der Waals surface area contributed by atoms with Crippen LogP contribution in [0.25, 0.3) is 0 Å². The number of nitrogens with one attached hydrogen (secondary N) is 1. The summed E-state index contributed by atoms with van der Waals surface area (Å²) in [5, 5.41) is 3.52. The highest BCUT2D eigenvalue weighted by Gasteiger charge is 2.23. The van der Waals surface area contributed by atoms with Gasteiger partial charge >= 0.3 is 0 Å². The van der Waals surface area contributed by atoms with E-state index in [1.807, 2.05) is 18.0 Å². The van der Waals surface area contributed by atoms with Crippen molar-refractivity contribution in [2.45, 2.75) is 51.3 Å². The average Bonchev–Trinajstić information content (AvgIpc) is 3.18. The minimum absolute atomic E-state index is 0. The van der Waals surface area contributed by atoms with Gasteiger partial charge in [0.25, 0.3) is 0 Å². The summed E-state index contributed by atoms with van der Waals surface area (Å²) >= 11 is 0. The number of hydrogen-bond donors (Lipinski definition) is 1. The third-order valence-electron chi connectivity index (χ3n) is 5.89. The van der Waals surface area contributed by atoms with Crippen molar-refractivity contribution in [3.05, 3.63) is 35.4 Å². The van der Waals surface area contributed by atoms with Crippen molar-refractivity contribution in [1.29, 1.82) is 0 Å². The molecule has 0 radical (unpaired) electrons. The third kappa shape index (κ3) is 7.91. The zero-order valence-electron chi connectivity index (χ0n) is 18.8. The number of rotatable bonds is 9. The van der Waals surface area contributed by atoms with Crippen molar-refractivity contribution >= 4 is 35.8 Å². The second kappa shape index (κ2) is 13.9. The van der Waals surface area contributed by atoms with Crippen LogP contribution in [0.3, 0.4) is 0 Å². The molecule has 0 aliphatic carbocycles. The zero-order valence-corrected chi connectivity index (χ0v) is 21.2. The van der Waals surface area contributed by atoms with E-state index in [0.717, 1.165) is 64.5 Å². The standard InChI is InChI=1S/C23H36N4O3.HI/c1-24-23(26-13-10-21(11-14-26)30-16-6-15-29-2)25-17-19-7-3-4-8-20(19)18-27-12-5-9-22(27)28;/h3-4,7-8,21H,5-6,9-18H2,1-2H3,(H,24,25);1H. The Hall–Kier alpha value is -1.39. The maximum atomic E-state index is 12.0. The maximum absolute atomic E-state index is 12.0. The summed E-state index contributed by atoms with van der Waals surface area (Å²) in [5.74, 6) is 1.20. The van der Waals surface area contributed by atoms with Crippen molar-refractivity contribution in [2.24, 2.45) is 4.99 Å². The van der Waals surface area contributed by atoms with Crippen molar-refractivity contribution in [3.8, 4) is 0 Å². The molecule has 1 amide bonds. The van der Waals surface area contributed by atoms with E-state index in [2.05, 4.69) is 33.4 Å². The summed E-state index contributed by atoms with van der Waals surface area (Å²) in [5.41, 5.74) is 2.42. The minimum Gasteiger partial charge on any atom is -0.385 e. The molecule has 0 saturated carbocycles. The summed E-state index contributed by atoms with van der Waals surface area (Å²) in [4.78, 5) is 20.8. The Bertz CT molecular complexity index is 708. The maximum Gasteiger partial charge on any atom is 0.222 e. The predicted octanol–water partition coefficient (Wildman–Crippen LogP) is 3.02. The van der Waals surface area contributed by atoms with Crippen LogP contribution in [-0.2, 0) is 27.4 Å². The van der Waals surface area contributed by atoms with Crippen LogP contribution in [-0.4, -0.2) is 74.8 Å². The number of aliphatic imine (C=N–C) groups is 1. The molecule has 1 N–H and O–H groups in total. The van der Waals surface area contributed by atoms with E-state index < -0.39 is 0 Å². The number of benzene rings is 1. The van der Waals surface area contributed by atoms with E-state index in [0.29, 0.717) is 25.6 Å². The van der Waals surface area contributed by atoms with Crippen molar-refractivity contribution < 1.29 is 14.3 Å². The number of methoxy groups -OCH3 is 1. The van der Waals surface area contributed by atoms with E-state index in [9.17, 15) is 4.79 Å². The lowest BCUT2D eigenvalue weighted by atomic mass is 10.1. The zero-order chi connectivity index (χ0) is 21.2. The molecule has 2 fully saturated rings. The van der Waals surface area contributed by atoms with E-state index in [4.69, 9.17) is 9.47 Å². The number of piperidine rings is 1. The van der Waals surface area contributed by atoms with Gasteiger partial charge in [0.2, 0.25) is 5.91 Å². The lowest BCUT2D eigenvalue weighted by molar-refractivity contribution is -0.128. The van der Waals surface area contributed by atoms with Gasteiger partial charge in [0.15, 0.2) is 5.96 Å². The highest BCUT2D eigenvalue weighted by molar-refractivity contribution is 14.0. The molecule has 7 nitrogen and oxygen atoms in total. The van der Waals surface area contributed by atoms with Gasteiger partial charge in [-0.3, -0.25) is 9.79 Å². The van der Waals surface area contributed by atoms with Crippen molar-refractivity contribution in [1.82, 2.24) is 15.1 Å². The predicted molar refractivity (Wildman–Crippen MR) is 134 cm³/mol. The number of carbonyl (C=O) groups is 1. The molecule has 0 bridgehead atoms. The van der Waals surface area contributed by atoms with Gasteiger partial charge in [-0.2, -0.15) is 0 Å². The molecule has 0 spiro atoms. The first-order valence-corrected chi connectivity index (χ1v) is 11.1. The van der Waals surface area contributed by atoms with Gasteiger partial charge in [-0.1, -0.05) is 24.3 Å². The minimum atomic E-state index is 0. The average molecular weight is 544 g/mol. The number of hydrogen-bond acceptors (Lipinski definition) is 4. The first-order valence-electron chi connectivity index (χ1n) is 11.1. The van der Waals surface area contributed by atoms with Crippen LogP contribution in [0.1, 0.15) is 43.2 Å². The molecule has 0 aromatic heterocycles. The Morgan fingerprint density at radius 3 is 2.55 bits per heavy atom. The molecule has 2 heterocycles. The smallest absolute Gasteiger partial charge is 0.222 e. The molecule has 2 saturated heterocycles. The fraction of sp³-hybridized carbons (Fsp3) is 0.652. The second-order valence-electron chi connectivity index (χ2n) is 7.99. The highest BCUT2D eigenvalue weighted by Crippen LogP contribution is 2.18. The van der Waals surface area contributed by atoms with Crippen LogP contribution in [0.2, 0.25) is 0 Å². The normalized spacial score (nSPS) is 17.7. The fourth-order valence-corrected chi connectivity index (χ4v) is 4.16. The second-order valence-corrected chi connectivity index (χ2v) is 7.99.